The number of amides is 1. The van der Waals surface area contributed by atoms with Crippen molar-refractivity contribution >= 4 is 5.91 Å². The van der Waals surface area contributed by atoms with Crippen LogP contribution in [0.1, 0.15) is 32.2 Å². The normalized spacial score (nSPS) is 12.5. The monoisotopic (exact) mass is 370 g/mol. The van der Waals surface area contributed by atoms with Crippen molar-refractivity contribution in [1.82, 2.24) is 20.4 Å². The fraction of sp³-hybridized carbons (Fsp3) is 0.471. The van der Waals surface area contributed by atoms with E-state index in [-0.39, 0.29) is 41.8 Å². The lowest BCUT2D eigenvalue weighted by atomic mass is 10.1. The molecule has 0 fully saturated rings. The molecule has 0 spiro atoms. The first-order valence-electron chi connectivity index (χ1n) is 7.94. The molecule has 0 atom stereocenters. The van der Waals surface area contributed by atoms with Crippen LogP contribution in [0, 0.1) is 0 Å². The molecule has 0 saturated heterocycles. The number of carbonyl (C=O) groups excluding carboxylic acids is 1. The van der Waals surface area contributed by atoms with Gasteiger partial charge in [0.05, 0.1) is 18.7 Å². The third-order valence-corrected chi connectivity index (χ3v) is 3.25. The highest BCUT2D eigenvalue weighted by atomic mass is 19.4. The van der Waals surface area contributed by atoms with Crippen LogP contribution in [0.3, 0.4) is 0 Å². The van der Waals surface area contributed by atoms with Gasteiger partial charge >= 0.3 is 6.18 Å². The summed E-state index contributed by atoms with van der Waals surface area (Å²) in [7, 11) is 1.70. The van der Waals surface area contributed by atoms with Crippen LogP contribution in [0.25, 0.3) is 11.4 Å². The molecule has 1 N–H and O–H groups in total. The maximum Gasteiger partial charge on any atom is 0.416 e. The third-order valence-electron chi connectivity index (χ3n) is 3.25. The first kappa shape index (κ1) is 19.9. The fourth-order valence-electron chi connectivity index (χ4n) is 2.26. The molecule has 0 aliphatic heterocycles. The standard InChI is InChI=1S/C17H21F3N4O2/c1-16(2,3)22-13(25)9-24(4)10-14-21-15(23-26-14)11-6-5-7-12(8-11)17(18,19)20/h5-8H,9-10H2,1-4H3,(H,22,25). The number of nitrogens with one attached hydrogen (secondary N) is 1. The Labute approximate surface area is 149 Å². The Morgan fingerprint density at radius 3 is 2.58 bits per heavy atom. The molecule has 0 bridgehead atoms. The van der Waals surface area contributed by atoms with E-state index in [9.17, 15) is 18.0 Å². The van der Waals surface area contributed by atoms with E-state index in [2.05, 4.69) is 15.5 Å². The van der Waals surface area contributed by atoms with Gasteiger partial charge in [0.15, 0.2) is 0 Å². The lowest BCUT2D eigenvalue weighted by molar-refractivity contribution is -0.137. The van der Waals surface area contributed by atoms with E-state index in [0.717, 1.165) is 12.1 Å². The number of aromatic nitrogens is 2. The van der Waals surface area contributed by atoms with Gasteiger partial charge in [-0.3, -0.25) is 9.69 Å². The largest absolute Gasteiger partial charge is 0.416 e. The highest BCUT2D eigenvalue weighted by Crippen LogP contribution is 2.31. The molecule has 1 amide bonds. The first-order valence-corrected chi connectivity index (χ1v) is 7.94. The van der Waals surface area contributed by atoms with E-state index in [0.29, 0.717) is 0 Å². The van der Waals surface area contributed by atoms with Crippen LogP contribution in [-0.4, -0.2) is 40.1 Å². The summed E-state index contributed by atoms with van der Waals surface area (Å²) in [4.78, 5) is 17.7. The van der Waals surface area contributed by atoms with Crippen LogP contribution >= 0.6 is 0 Å². The highest BCUT2D eigenvalue weighted by molar-refractivity contribution is 5.78. The molecule has 1 aromatic heterocycles. The third kappa shape index (κ3) is 5.83. The van der Waals surface area contributed by atoms with Crippen molar-refractivity contribution in [2.24, 2.45) is 0 Å². The van der Waals surface area contributed by atoms with E-state index in [4.69, 9.17) is 4.52 Å². The van der Waals surface area contributed by atoms with Crippen LogP contribution in [0.4, 0.5) is 13.2 Å². The Kier molecular flexibility index (Phi) is 5.70. The molecule has 1 heterocycles. The Morgan fingerprint density at radius 2 is 1.96 bits per heavy atom. The minimum Gasteiger partial charge on any atom is -0.350 e. The number of likely N-dealkylation sites (N-methyl/N-ethyl adjacent to an activating group) is 1. The summed E-state index contributed by atoms with van der Waals surface area (Å²) < 4.78 is 43.5. The number of benzene rings is 1. The zero-order chi connectivity index (χ0) is 19.5. The molecule has 0 saturated carbocycles. The van der Waals surface area contributed by atoms with Gasteiger partial charge in [-0.05, 0) is 40.0 Å². The van der Waals surface area contributed by atoms with Crippen molar-refractivity contribution in [2.75, 3.05) is 13.6 Å². The maximum absolute atomic E-state index is 12.8. The molecule has 2 rings (SSSR count). The zero-order valence-electron chi connectivity index (χ0n) is 15.0. The Balaban J connectivity index is 2.03. The Bertz CT molecular complexity index is 766. The molecule has 0 aliphatic carbocycles. The van der Waals surface area contributed by atoms with Gasteiger partial charge < -0.3 is 9.84 Å². The van der Waals surface area contributed by atoms with Crippen molar-refractivity contribution in [1.29, 1.82) is 0 Å². The van der Waals surface area contributed by atoms with Gasteiger partial charge in [-0.15, -0.1) is 0 Å². The Hall–Kier alpha value is -2.42. The predicted octanol–water partition coefficient (Wildman–Crippen LogP) is 3.10. The van der Waals surface area contributed by atoms with Crippen LogP contribution in [0.5, 0.6) is 0 Å². The number of nitrogens with zero attached hydrogens (tertiary/aromatic N) is 3. The van der Waals surface area contributed by atoms with Gasteiger partial charge in [-0.25, -0.2) is 0 Å². The molecule has 1 aromatic carbocycles. The number of rotatable bonds is 5. The van der Waals surface area contributed by atoms with E-state index in [1.165, 1.54) is 12.1 Å². The smallest absolute Gasteiger partial charge is 0.350 e. The van der Waals surface area contributed by atoms with E-state index >= 15 is 0 Å². The second-order valence-corrected chi connectivity index (χ2v) is 7.06. The summed E-state index contributed by atoms with van der Waals surface area (Å²) in [6.07, 6.45) is -4.44. The second-order valence-electron chi connectivity index (χ2n) is 7.06. The minimum absolute atomic E-state index is 0.0682. The number of alkyl halides is 3. The summed E-state index contributed by atoms with van der Waals surface area (Å²) in [5.74, 6) is 0.125. The van der Waals surface area contributed by atoms with Crippen LogP contribution in [0.15, 0.2) is 28.8 Å². The summed E-state index contributed by atoms with van der Waals surface area (Å²) in [5, 5.41) is 6.55. The van der Waals surface area contributed by atoms with Gasteiger partial charge in [-0.1, -0.05) is 17.3 Å². The summed E-state index contributed by atoms with van der Waals surface area (Å²) in [6, 6.07) is 4.71. The molecule has 26 heavy (non-hydrogen) atoms. The van der Waals surface area contributed by atoms with E-state index < -0.39 is 11.7 Å². The van der Waals surface area contributed by atoms with Gasteiger partial charge in [-0.2, -0.15) is 18.2 Å². The van der Waals surface area contributed by atoms with Crippen molar-refractivity contribution in [2.45, 2.75) is 39.0 Å². The molecule has 0 radical (unpaired) electrons. The van der Waals surface area contributed by atoms with Crippen molar-refractivity contribution in [3.63, 3.8) is 0 Å². The number of hydrogen-bond donors (Lipinski definition) is 1. The van der Waals surface area contributed by atoms with Crippen LogP contribution < -0.4 is 5.32 Å². The molecular weight excluding hydrogens is 349 g/mol. The maximum atomic E-state index is 12.8. The summed E-state index contributed by atoms with van der Waals surface area (Å²) >= 11 is 0. The minimum atomic E-state index is -4.44. The lowest BCUT2D eigenvalue weighted by Gasteiger charge is -2.22. The number of carbonyl (C=O) groups is 1. The topological polar surface area (TPSA) is 71.3 Å². The quantitative estimate of drug-likeness (QED) is 0.876. The molecule has 2 aromatic rings. The van der Waals surface area contributed by atoms with E-state index in [1.54, 1.807) is 11.9 Å². The lowest BCUT2D eigenvalue weighted by Crippen LogP contribution is -2.45. The number of hydrogen-bond acceptors (Lipinski definition) is 5. The van der Waals surface area contributed by atoms with Crippen molar-refractivity contribution < 1.29 is 22.5 Å². The molecule has 142 valence electrons. The molecule has 0 aliphatic rings. The average Bonchev–Trinajstić information content (AvgIpc) is 2.92. The second kappa shape index (κ2) is 7.45. The average molecular weight is 370 g/mol. The highest BCUT2D eigenvalue weighted by Gasteiger charge is 2.30. The van der Waals surface area contributed by atoms with Gasteiger partial charge in [0.25, 0.3) is 0 Å². The zero-order valence-corrected chi connectivity index (χ0v) is 15.0. The van der Waals surface area contributed by atoms with Crippen LogP contribution in [0.2, 0.25) is 0 Å². The summed E-state index contributed by atoms with van der Waals surface area (Å²) in [5.41, 5.74) is -0.903. The first-order chi connectivity index (χ1) is 11.9. The predicted molar refractivity (Wildman–Crippen MR) is 89.0 cm³/mol. The molecule has 6 nitrogen and oxygen atoms in total. The van der Waals surface area contributed by atoms with Crippen molar-refractivity contribution in [3.8, 4) is 11.4 Å². The van der Waals surface area contributed by atoms with E-state index in [1.807, 2.05) is 20.8 Å². The van der Waals surface area contributed by atoms with Gasteiger partial charge in [0.2, 0.25) is 17.6 Å². The molecule has 0 unspecified atom stereocenters. The summed E-state index contributed by atoms with van der Waals surface area (Å²) in [6.45, 7) is 5.96. The fourth-order valence-corrected chi connectivity index (χ4v) is 2.26. The number of halogens is 3. The SMILES string of the molecule is CN(CC(=O)NC(C)(C)C)Cc1nc(-c2cccc(C(F)(F)F)c2)no1. The molecule has 9 heteroatoms. The van der Waals surface area contributed by atoms with Crippen LogP contribution in [-0.2, 0) is 17.5 Å². The van der Waals surface area contributed by atoms with Gasteiger partial charge in [0.1, 0.15) is 0 Å². The molecular formula is C17H21F3N4O2. The van der Waals surface area contributed by atoms with Crippen molar-refractivity contribution in [3.05, 3.63) is 35.7 Å². The van der Waals surface area contributed by atoms with Gasteiger partial charge in [0, 0.05) is 11.1 Å². The Morgan fingerprint density at radius 1 is 1.27 bits per heavy atom.